The lowest BCUT2D eigenvalue weighted by Crippen LogP contribution is -2.44. The van der Waals surface area contributed by atoms with Gasteiger partial charge in [-0.2, -0.15) is 4.31 Å². The van der Waals surface area contributed by atoms with E-state index in [4.69, 9.17) is 0 Å². The lowest BCUT2D eigenvalue weighted by atomic mass is 10.0. The fourth-order valence-electron chi connectivity index (χ4n) is 2.37. The summed E-state index contributed by atoms with van der Waals surface area (Å²) < 4.78 is 47.9. The van der Waals surface area contributed by atoms with Crippen LogP contribution in [0, 0.1) is 0 Å². The lowest BCUT2D eigenvalue weighted by Gasteiger charge is -2.34. The molecule has 0 unspecified atom stereocenters. The van der Waals surface area contributed by atoms with Crippen molar-refractivity contribution in [2.75, 3.05) is 24.3 Å². The molecule has 1 aliphatic rings. The van der Waals surface area contributed by atoms with Gasteiger partial charge in [-0.15, -0.1) is 0 Å². The molecule has 0 amide bonds. The summed E-state index contributed by atoms with van der Waals surface area (Å²) in [6, 6.07) is 0.0991. The fraction of sp³-hybridized carbons (Fsp3) is 1.00. The Hall–Kier alpha value is -0.140. The first-order valence-corrected chi connectivity index (χ1v) is 10.1. The second-order valence-electron chi connectivity index (χ2n) is 4.97. The van der Waals surface area contributed by atoms with E-state index < -0.39 is 19.9 Å². The number of nitrogens with zero attached hydrogens (tertiary/aromatic N) is 1. The molecular formula is C11H23NO4S2. The molecule has 1 atom stereocenters. The van der Waals surface area contributed by atoms with E-state index in [-0.39, 0.29) is 24.0 Å². The predicted octanol–water partition coefficient (Wildman–Crippen LogP) is 1.02. The van der Waals surface area contributed by atoms with Gasteiger partial charge in [0.25, 0.3) is 0 Å². The van der Waals surface area contributed by atoms with Crippen LogP contribution < -0.4 is 0 Å². The molecule has 1 aliphatic heterocycles. The van der Waals surface area contributed by atoms with E-state index in [9.17, 15) is 16.8 Å². The summed E-state index contributed by atoms with van der Waals surface area (Å²) in [7, 11) is -6.38. The van der Waals surface area contributed by atoms with Crippen LogP contribution in [0.2, 0.25) is 0 Å². The van der Waals surface area contributed by atoms with Crippen LogP contribution in [0.25, 0.3) is 0 Å². The Morgan fingerprint density at radius 2 is 1.78 bits per heavy atom. The molecule has 1 saturated heterocycles. The molecular weight excluding hydrogens is 274 g/mol. The summed E-state index contributed by atoms with van der Waals surface area (Å²) in [6.45, 7) is 2.58. The molecule has 5 nitrogen and oxygen atoms in total. The van der Waals surface area contributed by atoms with Gasteiger partial charge in [0.15, 0.2) is 0 Å². The van der Waals surface area contributed by atoms with Crippen LogP contribution in [-0.2, 0) is 19.9 Å². The van der Waals surface area contributed by atoms with Crippen LogP contribution in [0.3, 0.4) is 0 Å². The summed E-state index contributed by atoms with van der Waals surface area (Å²) in [5.74, 6) is -0.118. The summed E-state index contributed by atoms with van der Waals surface area (Å²) in [5, 5.41) is 0. The molecule has 7 heteroatoms. The number of sulfonamides is 1. The molecule has 0 aliphatic carbocycles. The highest BCUT2D eigenvalue weighted by molar-refractivity contribution is 7.91. The van der Waals surface area contributed by atoms with E-state index in [1.165, 1.54) is 0 Å². The molecule has 0 aromatic carbocycles. The summed E-state index contributed by atoms with van der Waals surface area (Å²) >= 11 is 0. The quantitative estimate of drug-likeness (QED) is 0.733. The number of sulfone groups is 1. The Balaban J connectivity index is 2.61. The zero-order valence-corrected chi connectivity index (χ0v) is 12.8. The van der Waals surface area contributed by atoms with Gasteiger partial charge in [0.05, 0.1) is 11.5 Å². The molecule has 0 spiro atoms. The molecule has 0 aromatic heterocycles. The average molecular weight is 297 g/mol. The molecule has 1 rings (SSSR count). The second kappa shape index (κ2) is 6.34. The largest absolute Gasteiger partial charge is 0.229 e. The van der Waals surface area contributed by atoms with Crippen molar-refractivity contribution in [2.24, 2.45) is 0 Å². The second-order valence-corrected chi connectivity index (χ2v) is 9.27. The van der Waals surface area contributed by atoms with E-state index >= 15 is 0 Å². The van der Waals surface area contributed by atoms with E-state index in [2.05, 4.69) is 0 Å². The van der Waals surface area contributed by atoms with Crippen LogP contribution in [0.1, 0.15) is 39.0 Å². The first-order chi connectivity index (χ1) is 8.26. The maximum Gasteiger partial charge on any atom is 0.214 e. The highest BCUT2D eigenvalue weighted by Gasteiger charge is 2.30. The minimum Gasteiger partial charge on any atom is -0.229 e. The Bertz CT molecular complexity index is 455. The van der Waals surface area contributed by atoms with Crippen molar-refractivity contribution in [2.45, 2.75) is 45.1 Å². The molecule has 1 fully saturated rings. The standard InChI is InChI=1S/C11H23NO4S2/c1-3-11-7-4-5-8-12(11)18(15,16)10-6-9-17(2,13)14/h11H,3-10H2,1-2H3/t11-/m0/s1. The third-order valence-corrected chi connectivity index (χ3v) is 6.35. The molecule has 18 heavy (non-hydrogen) atoms. The number of rotatable bonds is 6. The maximum absolute atomic E-state index is 12.2. The summed E-state index contributed by atoms with van der Waals surface area (Å²) in [6.07, 6.45) is 5.05. The Morgan fingerprint density at radius 3 is 2.33 bits per heavy atom. The van der Waals surface area contributed by atoms with Crippen LogP contribution in [0.15, 0.2) is 0 Å². The van der Waals surface area contributed by atoms with Crippen LogP contribution in [-0.4, -0.2) is 51.5 Å². The van der Waals surface area contributed by atoms with Crippen molar-refractivity contribution in [1.82, 2.24) is 4.31 Å². The monoisotopic (exact) mass is 297 g/mol. The zero-order valence-electron chi connectivity index (χ0n) is 11.1. The van der Waals surface area contributed by atoms with Gasteiger partial charge in [0.1, 0.15) is 9.84 Å². The molecule has 0 bridgehead atoms. The van der Waals surface area contributed by atoms with Crippen molar-refractivity contribution in [1.29, 1.82) is 0 Å². The van der Waals surface area contributed by atoms with Gasteiger partial charge in [-0.25, -0.2) is 16.8 Å². The highest BCUT2D eigenvalue weighted by Crippen LogP contribution is 2.23. The SMILES string of the molecule is CC[C@H]1CCCCN1S(=O)(=O)CCCS(C)(=O)=O. The molecule has 108 valence electrons. The van der Waals surface area contributed by atoms with E-state index in [0.717, 1.165) is 31.9 Å². The average Bonchev–Trinajstić information content (AvgIpc) is 2.27. The molecule has 1 heterocycles. The third kappa shape index (κ3) is 4.85. The minimum atomic E-state index is -3.30. The van der Waals surface area contributed by atoms with E-state index in [1.807, 2.05) is 6.92 Å². The van der Waals surface area contributed by atoms with Gasteiger partial charge in [-0.1, -0.05) is 13.3 Å². The molecule has 0 saturated carbocycles. The van der Waals surface area contributed by atoms with Crippen LogP contribution in [0.4, 0.5) is 0 Å². The van der Waals surface area contributed by atoms with Crippen molar-refractivity contribution in [3.8, 4) is 0 Å². The Morgan fingerprint density at radius 1 is 1.11 bits per heavy atom. The minimum absolute atomic E-state index is 0.0587. The Labute approximate surface area is 111 Å². The van der Waals surface area contributed by atoms with Gasteiger partial charge in [-0.3, -0.25) is 0 Å². The van der Waals surface area contributed by atoms with Gasteiger partial charge < -0.3 is 0 Å². The fourth-order valence-corrected chi connectivity index (χ4v) is 5.08. The highest BCUT2D eigenvalue weighted by atomic mass is 32.2. The molecule has 0 radical (unpaired) electrons. The van der Waals surface area contributed by atoms with Crippen LogP contribution >= 0.6 is 0 Å². The lowest BCUT2D eigenvalue weighted by molar-refractivity contribution is 0.246. The normalized spacial score (nSPS) is 23.1. The summed E-state index contributed by atoms with van der Waals surface area (Å²) in [4.78, 5) is 0. The van der Waals surface area contributed by atoms with Crippen LogP contribution in [0.5, 0.6) is 0 Å². The first-order valence-electron chi connectivity index (χ1n) is 6.43. The van der Waals surface area contributed by atoms with Gasteiger partial charge in [0.2, 0.25) is 10.0 Å². The summed E-state index contributed by atoms with van der Waals surface area (Å²) in [5.41, 5.74) is 0. The van der Waals surface area contributed by atoms with Gasteiger partial charge in [-0.05, 0) is 25.7 Å². The topological polar surface area (TPSA) is 71.5 Å². The van der Waals surface area contributed by atoms with Crippen molar-refractivity contribution >= 4 is 19.9 Å². The maximum atomic E-state index is 12.2. The smallest absolute Gasteiger partial charge is 0.214 e. The van der Waals surface area contributed by atoms with Crippen molar-refractivity contribution in [3.63, 3.8) is 0 Å². The van der Waals surface area contributed by atoms with Gasteiger partial charge in [0, 0.05) is 18.8 Å². The molecule has 0 N–H and O–H groups in total. The number of piperidine rings is 1. The number of hydrogen-bond donors (Lipinski definition) is 0. The van der Waals surface area contributed by atoms with E-state index in [1.54, 1.807) is 4.31 Å². The first kappa shape index (κ1) is 15.9. The van der Waals surface area contributed by atoms with Crippen molar-refractivity contribution < 1.29 is 16.8 Å². The van der Waals surface area contributed by atoms with Gasteiger partial charge >= 0.3 is 0 Å². The molecule has 0 aromatic rings. The third-order valence-electron chi connectivity index (χ3n) is 3.32. The number of hydrogen-bond acceptors (Lipinski definition) is 4. The van der Waals surface area contributed by atoms with Crippen molar-refractivity contribution in [3.05, 3.63) is 0 Å². The zero-order chi connectivity index (χ0) is 13.8. The Kier molecular flexibility index (Phi) is 5.61. The van der Waals surface area contributed by atoms with E-state index in [0.29, 0.717) is 6.54 Å². The predicted molar refractivity (Wildman–Crippen MR) is 72.8 cm³/mol.